The second-order valence-electron chi connectivity index (χ2n) is 9.35. The van der Waals surface area contributed by atoms with E-state index in [4.69, 9.17) is 31.4 Å². The number of halogens is 2. The molecule has 1 amide bonds. The Bertz CT molecular complexity index is 1420. The number of carbonyl (C=O) groups is 1. The molecular formula is C28H30ClFN6O2. The van der Waals surface area contributed by atoms with Crippen LogP contribution in [0.1, 0.15) is 31.3 Å². The van der Waals surface area contributed by atoms with Gasteiger partial charge in [-0.1, -0.05) is 18.5 Å². The van der Waals surface area contributed by atoms with Crippen molar-refractivity contribution in [2.45, 2.75) is 33.1 Å². The Kier molecular flexibility index (Phi) is 7.74. The van der Waals surface area contributed by atoms with Crippen molar-refractivity contribution in [1.82, 2.24) is 24.6 Å². The first-order valence-corrected chi connectivity index (χ1v) is 13.2. The molecule has 3 heterocycles. The molecule has 2 aromatic carbocycles. The normalized spacial score (nSPS) is 14.1. The zero-order valence-electron chi connectivity index (χ0n) is 21.5. The average molecular weight is 537 g/mol. The number of aryl methyl sites for hydroxylation is 2. The summed E-state index contributed by atoms with van der Waals surface area (Å²) in [5.74, 6) is 1.83. The lowest BCUT2D eigenvalue weighted by Crippen LogP contribution is -2.38. The summed E-state index contributed by atoms with van der Waals surface area (Å²) in [6.45, 7) is 6.59. The Hall–Kier alpha value is -3.72. The van der Waals surface area contributed by atoms with E-state index in [1.807, 2.05) is 11.8 Å². The Morgan fingerprint density at radius 3 is 2.53 bits per heavy atom. The van der Waals surface area contributed by atoms with Gasteiger partial charge in [0.25, 0.3) is 5.91 Å². The molecule has 8 nitrogen and oxygen atoms in total. The molecular weight excluding hydrogens is 507 g/mol. The number of benzene rings is 2. The van der Waals surface area contributed by atoms with E-state index in [0.717, 1.165) is 54.2 Å². The van der Waals surface area contributed by atoms with Crippen molar-refractivity contribution in [3.05, 3.63) is 70.9 Å². The van der Waals surface area contributed by atoms with Gasteiger partial charge in [0.1, 0.15) is 23.2 Å². The summed E-state index contributed by atoms with van der Waals surface area (Å²) < 4.78 is 21.0. The Morgan fingerprint density at radius 2 is 1.79 bits per heavy atom. The number of hydrogen-bond donors (Lipinski definition) is 0. The Labute approximate surface area is 226 Å². The largest absolute Gasteiger partial charge is 0.484 e. The fourth-order valence-electron chi connectivity index (χ4n) is 4.68. The van der Waals surface area contributed by atoms with Crippen LogP contribution >= 0.6 is 11.6 Å². The van der Waals surface area contributed by atoms with E-state index in [0.29, 0.717) is 36.1 Å². The maximum atomic E-state index is 13.6. The molecule has 5 rings (SSSR count). The van der Waals surface area contributed by atoms with E-state index >= 15 is 0 Å². The van der Waals surface area contributed by atoms with E-state index in [-0.39, 0.29) is 18.3 Å². The number of ether oxygens (including phenoxy) is 1. The highest BCUT2D eigenvalue weighted by molar-refractivity contribution is 6.30. The maximum Gasteiger partial charge on any atom is 0.260 e. The number of aromatic nitrogens is 4. The third-order valence-corrected chi connectivity index (χ3v) is 6.85. The van der Waals surface area contributed by atoms with Gasteiger partial charge >= 0.3 is 0 Å². The van der Waals surface area contributed by atoms with Crippen molar-refractivity contribution < 1.29 is 13.9 Å². The summed E-state index contributed by atoms with van der Waals surface area (Å²) in [6.07, 6.45) is 2.44. The summed E-state index contributed by atoms with van der Waals surface area (Å²) in [6, 6.07) is 13.2. The molecule has 38 heavy (non-hydrogen) atoms. The Morgan fingerprint density at radius 1 is 1.03 bits per heavy atom. The number of rotatable bonds is 7. The number of fused-ring (bicyclic) bond motifs is 1. The van der Waals surface area contributed by atoms with E-state index in [9.17, 15) is 9.18 Å². The number of carbonyl (C=O) groups excluding carboxylic acids is 1. The van der Waals surface area contributed by atoms with Crippen LogP contribution in [0.25, 0.3) is 16.7 Å². The zero-order valence-corrected chi connectivity index (χ0v) is 22.3. The van der Waals surface area contributed by atoms with Crippen LogP contribution in [0.15, 0.2) is 48.5 Å². The average Bonchev–Trinajstić information content (AvgIpc) is 3.08. The van der Waals surface area contributed by atoms with Gasteiger partial charge in [0.2, 0.25) is 0 Å². The van der Waals surface area contributed by atoms with Crippen molar-refractivity contribution in [1.29, 1.82) is 0 Å². The standard InChI is InChI=1S/C28H30ClFN6O2/c1-3-5-24-31-27(26-19(2)33-36(28(26)32-24)22-10-8-21(30)9-11-22)35-15-4-14-34(16-17-35)25(37)18-38-23-12-6-20(29)7-13-23/h6-13H,3-5,14-18H2,1-2H3. The molecule has 1 aliphatic rings. The van der Waals surface area contributed by atoms with Gasteiger partial charge in [0.15, 0.2) is 12.3 Å². The quantitative estimate of drug-likeness (QED) is 0.331. The van der Waals surface area contributed by atoms with Crippen molar-refractivity contribution in [2.24, 2.45) is 0 Å². The van der Waals surface area contributed by atoms with Crippen LogP contribution in [0.5, 0.6) is 5.75 Å². The second-order valence-corrected chi connectivity index (χ2v) is 9.79. The summed E-state index contributed by atoms with van der Waals surface area (Å²) in [7, 11) is 0. The first-order chi connectivity index (χ1) is 18.4. The molecule has 0 N–H and O–H groups in total. The number of hydrogen-bond acceptors (Lipinski definition) is 6. The monoisotopic (exact) mass is 536 g/mol. The molecule has 10 heteroatoms. The van der Waals surface area contributed by atoms with Crippen molar-refractivity contribution in [3.63, 3.8) is 0 Å². The molecule has 198 valence electrons. The van der Waals surface area contributed by atoms with Gasteiger partial charge < -0.3 is 14.5 Å². The van der Waals surface area contributed by atoms with Crippen molar-refractivity contribution in [2.75, 3.05) is 37.7 Å². The van der Waals surface area contributed by atoms with Gasteiger partial charge in [-0.25, -0.2) is 19.0 Å². The molecule has 4 aromatic rings. The molecule has 1 aliphatic heterocycles. The third-order valence-electron chi connectivity index (χ3n) is 6.60. The smallest absolute Gasteiger partial charge is 0.260 e. The van der Waals surface area contributed by atoms with Gasteiger partial charge in [-0.05, 0) is 68.3 Å². The molecule has 1 fully saturated rings. The molecule has 2 aromatic heterocycles. The summed E-state index contributed by atoms with van der Waals surface area (Å²) in [4.78, 5) is 26.8. The highest BCUT2D eigenvalue weighted by Gasteiger charge is 2.25. The number of nitrogens with zero attached hydrogens (tertiary/aromatic N) is 6. The molecule has 1 saturated heterocycles. The van der Waals surface area contributed by atoms with Crippen LogP contribution in [0.4, 0.5) is 10.2 Å². The van der Waals surface area contributed by atoms with Crippen LogP contribution in [0.2, 0.25) is 5.02 Å². The minimum atomic E-state index is -0.300. The van der Waals surface area contributed by atoms with Crippen LogP contribution in [0.3, 0.4) is 0 Å². The van der Waals surface area contributed by atoms with Gasteiger partial charge in [0.05, 0.1) is 16.8 Å². The highest BCUT2D eigenvalue weighted by atomic mass is 35.5. The third kappa shape index (κ3) is 5.57. The summed E-state index contributed by atoms with van der Waals surface area (Å²) >= 11 is 5.93. The molecule has 0 unspecified atom stereocenters. The topological polar surface area (TPSA) is 76.4 Å². The molecule has 0 atom stereocenters. The second kappa shape index (κ2) is 11.3. The molecule has 0 spiro atoms. The fraction of sp³-hybridized carbons (Fsp3) is 0.357. The zero-order chi connectivity index (χ0) is 26.6. The van der Waals surface area contributed by atoms with Crippen LogP contribution < -0.4 is 9.64 Å². The number of anilines is 1. The van der Waals surface area contributed by atoms with E-state index in [1.165, 1.54) is 12.1 Å². The van der Waals surface area contributed by atoms with Gasteiger partial charge in [-0.2, -0.15) is 5.10 Å². The molecule has 0 aliphatic carbocycles. The molecule has 0 radical (unpaired) electrons. The maximum absolute atomic E-state index is 13.6. The lowest BCUT2D eigenvalue weighted by Gasteiger charge is -2.24. The lowest BCUT2D eigenvalue weighted by molar-refractivity contribution is -0.133. The van der Waals surface area contributed by atoms with E-state index < -0.39 is 0 Å². The van der Waals surface area contributed by atoms with Gasteiger partial charge in [-0.3, -0.25) is 4.79 Å². The summed E-state index contributed by atoms with van der Waals surface area (Å²) in [5.41, 5.74) is 2.25. The molecule has 0 saturated carbocycles. The van der Waals surface area contributed by atoms with Gasteiger partial charge in [0, 0.05) is 37.6 Å². The first kappa shape index (κ1) is 25.9. The van der Waals surface area contributed by atoms with Crippen LogP contribution in [-0.4, -0.2) is 63.3 Å². The lowest BCUT2D eigenvalue weighted by atomic mass is 10.2. The van der Waals surface area contributed by atoms with E-state index in [1.54, 1.807) is 41.1 Å². The van der Waals surface area contributed by atoms with Crippen LogP contribution in [-0.2, 0) is 11.2 Å². The SMILES string of the molecule is CCCc1nc(N2CCCN(C(=O)COc3ccc(Cl)cc3)CC2)c2c(C)nn(-c3ccc(F)cc3)c2n1. The van der Waals surface area contributed by atoms with Crippen molar-refractivity contribution >= 4 is 34.4 Å². The van der Waals surface area contributed by atoms with Crippen molar-refractivity contribution in [3.8, 4) is 11.4 Å². The predicted molar refractivity (Wildman–Crippen MR) is 146 cm³/mol. The van der Waals surface area contributed by atoms with E-state index in [2.05, 4.69) is 11.8 Å². The number of amides is 1. The minimum absolute atomic E-state index is 0.0242. The van der Waals surface area contributed by atoms with Gasteiger partial charge in [-0.15, -0.1) is 0 Å². The fourth-order valence-corrected chi connectivity index (χ4v) is 4.80. The Balaban J connectivity index is 1.38. The minimum Gasteiger partial charge on any atom is -0.484 e. The summed E-state index contributed by atoms with van der Waals surface area (Å²) in [5, 5.41) is 6.24. The first-order valence-electron chi connectivity index (χ1n) is 12.9. The molecule has 0 bridgehead atoms. The predicted octanol–water partition coefficient (Wildman–Crippen LogP) is 4.99. The van der Waals surface area contributed by atoms with Crippen LogP contribution in [0, 0.1) is 12.7 Å². The highest BCUT2D eigenvalue weighted by Crippen LogP contribution is 2.30.